The Bertz CT molecular complexity index is 1180. The van der Waals surface area contributed by atoms with E-state index in [4.69, 9.17) is 9.47 Å². The summed E-state index contributed by atoms with van der Waals surface area (Å²) in [5.41, 5.74) is -0.523. The number of benzene rings is 1. The monoisotopic (exact) mass is 495 g/mol. The van der Waals surface area contributed by atoms with Crippen LogP contribution in [0.15, 0.2) is 66.1 Å². The van der Waals surface area contributed by atoms with Gasteiger partial charge in [0.05, 0.1) is 17.1 Å². The Balaban J connectivity index is 2.21. The predicted molar refractivity (Wildman–Crippen MR) is 132 cm³/mol. The molecule has 3 rings (SSSR count). The van der Waals surface area contributed by atoms with Crippen LogP contribution in [0, 0.1) is 15.5 Å². The van der Waals surface area contributed by atoms with Crippen molar-refractivity contribution in [3.8, 4) is 0 Å². The Kier molecular flexibility index (Phi) is 8.55. The van der Waals surface area contributed by atoms with Crippen LogP contribution in [0.3, 0.4) is 0 Å². The SMILES string of the molecule is COCCOC(=O)C1=C(C)NC(C)C(C/C=C/c2ccncc2)(C(=O)O)C1c1ccccc1[N+](=O)[O-]. The third-order valence-electron chi connectivity index (χ3n) is 6.47. The molecule has 2 heterocycles. The molecule has 1 aliphatic rings. The van der Waals surface area contributed by atoms with E-state index in [1.54, 1.807) is 56.6 Å². The van der Waals surface area contributed by atoms with E-state index in [2.05, 4.69) is 10.3 Å². The van der Waals surface area contributed by atoms with E-state index in [0.29, 0.717) is 5.70 Å². The van der Waals surface area contributed by atoms with Gasteiger partial charge in [-0.05, 0) is 38.0 Å². The van der Waals surface area contributed by atoms with Crippen molar-refractivity contribution < 1.29 is 29.1 Å². The number of nitro benzene ring substituents is 1. The fraction of sp³-hybridized carbons (Fsp3) is 0.346. The molecule has 0 spiro atoms. The lowest BCUT2D eigenvalue weighted by molar-refractivity contribution is -0.385. The molecule has 190 valence electrons. The van der Waals surface area contributed by atoms with Crippen molar-refractivity contribution in [2.45, 2.75) is 32.2 Å². The zero-order valence-electron chi connectivity index (χ0n) is 20.3. The first-order valence-corrected chi connectivity index (χ1v) is 11.4. The summed E-state index contributed by atoms with van der Waals surface area (Å²) in [5, 5.41) is 25.8. The number of methoxy groups -OCH3 is 1. The van der Waals surface area contributed by atoms with Crippen LogP contribution in [-0.2, 0) is 19.1 Å². The maximum Gasteiger partial charge on any atom is 0.336 e. The Hall–Kier alpha value is -4.05. The van der Waals surface area contributed by atoms with Crippen molar-refractivity contribution in [2.24, 2.45) is 5.41 Å². The van der Waals surface area contributed by atoms with Gasteiger partial charge in [0.1, 0.15) is 12.0 Å². The first kappa shape index (κ1) is 26.6. The summed E-state index contributed by atoms with van der Waals surface area (Å²) in [6.45, 7) is 3.44. The summed E-state index contributed by atoms with van der Waals surface area (Å²) < 4.78 is 10.3. The Labute approximate surface area is 208 Å². The summed E-state index contributed by atoms with van der Waals surface area (Å²) in [7, 11) is 1.46. The molecule has 0 saturated heterocycles. The molecule has 0 amide bonds. The average Bonchev–Trinajstić information content (AvgIpc) is 2.85. The number of pyridine rings is 1. The molecule has 1 aromatic carbocycles. The number of hydrogen-bond donors (Lipinski definition) is 2. The number of rotatable bonds is 10. The molecule has 1 aliphatic heterocycles. The van der Waals surface area contributed by atoms with Crippen LogP contribution in [0.1, 0.15) is 37.3 Å². The number of carbonyl (C=O) groups excluding carboxylic acids is 1. The van der Waals surface area contributed by atoms with Crippen LogP contribution >= 0.6 is 0 Å². The molecular weight excluding hydrogens is 466 g/mol. The van der Waals surface area contributed by atoms with Crippen molar-refractivity contribution in [1.82, 2.24) is 10.3 Å². The number of nitro groups is 1. The van der Waals surface area contributed by atoms with Crippen molar-refractivity contribution in [1.29, 1.82) is 0 Å². The van der Waals surface area contributed by atoms with Gasteiger partial charge in [-0.1, -0.05) is 30.4 Å². The maximum atomic E-state index is 13.3. The van der Waals surface area contributed by atoms with Gasteiger partial charge in [0.2, 0.25) is 0 Å². The molecule has 0 bridgehead atoms. The number of aromatic nitrogens is 1. The molecule has 3 atom stereocenters. The molecule has 0 saturated carbocycles. The average molecular weight is 496 g/mol. The predicted octanol–water partition coefficient (Wildman–Crippen LogP) is 3.70. The van der Waals surface area contributed by atoms with Gasteiger partial charge in [-0.3, -0.25) is 19.9 Å². The molecule has 0 aliphatic carbocycles. The fourth-order valence-corrected chi connectivity index (χ4v) is 4.71. The summed E-state index contributed by atoms with van der Waals surface area (Å²) in [6, 6.07) is 8.77. The topological polar surface area (TPSA) is 141 Å². The van der Waals surface area contributed by atoms with Crippen LogP contribution < -0.4 is 5.32 Å². The normalized spacial score (nSPS) is 21.8. The van der Waals surface area contributed by atoms with Gasteiger partial charge in [0.15, 0.2) is 0 Å². The van der Waals surface area contributed by atoms with Crippen LogP contribution in [0.2, 0.25) is 0 Å². The molecule has 1 aromatic heterocycles. The lowest BCUT2D eigenvalue weighted by Crippen LogP contribution is -2.56. The minimum absolute atomic E-state index is 0.0162. The number of carbonyl (C=O) groups is 2. The first-order valence-electron chi connectivity index (χ1n) is 11.4. The maximum absolute atomic E-state index is 13.3. The Morgan fingerprint density at radius 2 is 1.92 bits per heavy atom. The van der Waals surface area contributed by atoms with Gasteiger partial charge in [0.25, 0.3) is 5.69 Å². The largest absolute Gasteiger partial charge is 0.481 e. The second kappa shape index (κ2) is 11.6. The number of allylic oxidation sites excluding steroid dienone is 2. The molecule has 0 radical (unpaired) electrons. The number of nitrogens with zero attached hydrogens (tertiary/aromatic N) is 2. The minimum Gasteiger partial charge on any atom is -0.481 e. The van der Waals surface area contributed by atoms with Gasteiger partial charge >= 0.3 is 11.9 Å². The zero-order valence-corrected chi connectivity index (χ0v) is 20.3. The quantitative estimate of drug-likeness (QED) is 0.218. The molecule has 10 nitrogen and oxygen atoms in total. The van der Waals surface area contributed by atoms with E-state index in [1.807, 2.05) is 0 Å². The fourth-order valence-electron chi connectivity index (χ4n) is 4.71. The third-order valence-corrected chi connectivity index (χ3v) is 6.47. The smallest absolute Gasteiger partial charge is 0.336 e. The van der Waals surface area contributed by atoms with Gasteiger partial charge in [-0.15, -0.1) is 0 Å². The van der Waals surface area contributed by atoms with Crippen molar-refractivity contribution in [2.75, 3.05) is 20.3 Å². The Morgan fingerprint density at radius 3 is 2.56 bits per heavy atom. The molecule has 2 N–H and O–H groups in total. The van der Waals surface area contributed by atoms with E-state index in [9.17, 15) is 24.8 Å². The summed E-state index contributed by atoms with van der Waals surface area (Å²) >= 11 is 0. The van der Waals surface area contributed by atoms with E-state index >= 15 is 0 Å². The van der Waals surface area contributed by atoms with E-state index in [1.165, 1.54) is 25.3 Å². The summed E-state index contributed by atoms with van der Waals surface area (Å²) in [4.78, 5) is 41.8. The third kappa shape index (κ3) is 5.28. The second-order valence-electron chi connectivity index (χ2n) is 8.51. The molecule has 10 heteroatoms. The van der Waals surface area contributed by atoms with Crippen LogP contribution in [0.25, 0.3) is 6.08 Å². The van der Waals surface area contributed by atoms with E-state index in [-0.39, 0.29) is 36.5 Å². The Morgan fingerprint density at radius 1 is 1.22 bits per heavy atom. The molecular formula is C26H29N3O7. The highest BCUT2D eigenvalue weighted by atomic mass is 16.6. The number of hydrogen-bond acceptors (Lipinski definition) is 8. The highest BCUT2D eigenvalue weighted by Gasteiger charge is 2.57. The number of esters is 1. The second-order valence-corrected chi connectivity index (χ2v) is 8.51. The van der Waals surface area contributed by atoms with Crippen molar-refractivity contribution in [3.05, 3.63) is 87.4 Å². The molecule has 0 fully saturated rings. The van der Waals surface area contributed by atoms with Gasteiger partial charge in [0, 0.05) is 48.8 Å². The van der Waals surface area contributed by atoms with Gasteiger partial charge in [-0.25, -0.2) is 4.79 Å². The minimum atomic E-state index is -1.65. The molecule has 2 aromatic rings. The summed E-state index contributed by atoms with van der Waals surface area (Å²) in [6.07, 6.45) is 6.69. The number of aliphatic carboxylic acids is 1. The first-order chi connectivity index (χ1) is 17.2. The van der Waals surface area contributed by atoms with Gasteiger partial charge < -0.3 is 19.9 Å². The molecule has 36 heavy (non-hydrogen) atoms. The number of carboxylic acids is 1. The number of para-hydroxylation sites is 1. The van der Waals surface area contributed by atoms with E-state index < -0.39 is 34.2 Å². The van der Waals surface area contributed by atoms with Crippen LogP contribution in [0.4, 0.5) is 5.69 Å². The highest BCUT2D eigenvalue weighted by molar-refractivity contribution is 5.95. The lowest BCUT2D eigenvalue weighted by Gasteiger charge is -2.46. The number of carboxylic acid groups (broad SMARTS) is 1. The van der Waals surface area contributed by atoms with Crippen LogP contribution in [0.5, 0.6) is 0 Å². The lowest BCUT2D eigenvalue weighted by atomic mass is 9.60. The van der Waals surface area contributed by atoms with E-state index in [0.717, 1.165) is 5.56 Å². The van der Waals surface area contributed by atoms with Gasteiger partial charge in [-0.2, -0.15) is 0 Å². The summed E-state index contributed by atoms with van der Waals surface area (Å²) in [5.74, 6) is -3.11. The van der Waals surface area contributed by atoms with Crippen molar-refractivity contribution in [3.63, 3.8) is 0 Å². The zero-order chi connectivity index (χ0) is 26.3. The van der Waals surface area contributed by atoms with Crippen LogP contribution in [-0.4, -0.2) is 53.3 Å². The standard InChI is InChI=1S/C26H29N3O7/c1-17-22(24(30)36-16-15-35-3)23(20-8-4-5-9-21(20)29(33)34)26(25(31)32,18(2)28-17)12-6-7-19-10-13-27-14-11-19/h4-11,13-14,18,23,28H,12,15-16H2,1-3H3,(H,31,32)/b7-6+. The number of ether oxygens (including phenoxy) is 2. The molecule has 3 unspecified atom stereocenters. The number of nitrogens with one attached hydrogen (secondary N) is 1. The van der Waals surface area contributed by atoms with Crippen molar-refractivity contribution >= 4 is 23.7 Å². The highest BCUT2D eigenvalue weighted by Crippen LogP contribution is 2.52.